The first-order chi connectivity index (χ1) is 10.2. The molecule has 0 spiro atoms. The smallest absolute Gasteiger partial charge is 0.243 e. The van der Waals surface area contributed by atoms with E-state index in [0.717, 1.165) is 22.7 Å². The van der Waals surface area contributed by atoms with E-state index in [-0.39, 0.29) is 12.5 Å². The number of carbonyl (C=O) groups excluding carboxylic acids is 1. The predicted octanol–water partition coefficient (Wildman–Crippen LogP) is 3.44. The van der Waals surface area contributed by atoms with Gasteiger partial charge in [0, 0.05) is 11.4 Å². The van der Waals surface area contributed by atoms with Gasteiger partial charge in [-0.1, -0.05) is 18.2 Å². The molecule has 110 valence electrons. The van der Waals surface area contributed by atoms with Gasteiger partial charge >= 0.3 is 0 Å². The molecule has 4 nitrogen and oxygen atoms in total. The summed E-state index contributed by atoms with van der Waals surface area (Å²) >= 11 is 0. The summed E-state index contributed by atoms with van der Waals surface area (Å²) in [6.07, 6.45) is 0. The first-order valence-electron chi connectivity index (χ1n) is 7.01. The summed E-state index contributed by atoms with van der Waals surface area (Å²) < 4.78 is 5.43. The van der Waals surface area contributed by atoms with E-state index in [0.29, 0.717) is 6.61 Å². The van der Waals surface area contributed by atoms with Crippen LogP contribution in [-0.2, 0) is 4.79 Å². The normalized spacial score (nSPS) is 10.0. The number of aryl methyl sites for hydroxylation is 1. The molecule has 2 aromatic rings. The number of anilines is 2. The van der Waals surface area contributed by atoms with Crippen molar-refractivity contribution in [3.8, 4) is 5.75 Å². The van der Waals surface area contributed by atoms with Crippen LogP contribution >= 0.6 is 0 Å². The molecule has 0 aliphatic rings. The third-order valence-electron chi connectivity index (χ3n) is 3.01. The predicted molar refractivity (Wildman–Crippen MR) is 85.9 cm³/mol. The second-order valence-electron chi connectivity index (χ2n) is 4.68. The molecule has 0 aliphatic heterocycles. The third kappa shape index (κ3) is 4.53. The summed E-state index contributed by atoms with van der Waals surface area (Å²) in [6.45, 7) is 4.76. The summed E-state index contributed by atoms with van der Waals surface area (Å²) in [5.41, 5.74) is 2.71. The van der Waals surface area contributed by atoms with Crippen molar-refractivity contribution in [3.05, 3.63) is 54.1 Å². The molecule has 0 heterocycles. The van der Waals surface area contributed by atoms with Crippen molar-refractivity contribution in [2.75, 3.05) is 23.8 Å². The summed E-state index contributed by atoms with van der Waals surface area (Å²) in [7, 11) is 0. The molecule has 1 amide bonds. The molecule has 21 heavy (non-hydrogen) atoms. The van der Waals surface area contributed by atoms with E-state index < -0.39 is 0 Å². The van der Waals surface area contributed by atoms with Crippen LogP contribution in [0.1, 0.15) is 12.5 Å². The van der Waals surface area contributed by atoms with Crippen LogP contribution in [0.2, 0.25) is 0 Å². The lowest BCUT2D eigenvalue weighted by Gasteiger charge is -2.11. The Morgan fingerprint density at radius 2 is 1.90 bits per heavy atom. The van der Waals surface area contributed by atoms with Crippen LogP contribution in [0, 0.1) is 6.92 Å². The maximum atomic E-state index is 11.9. The first kappa shape index (κ1) is 14.9. The van der Waals surface area contributed by atoms with E-state index in [2.05, 4.69) is 10.6 Å². The van der Waals surface area contributed by atoms with Crippen LogP contribution in [0.25, 0.3) is 0 Å². The Kier molecular flexibility index (Phi) is 5.21. The highest BCUT2D eigenvalue weighted by Gasteiger charge is 2.05. The number of benzene rings is 2. The zero-order valence-corrected chi connectivity index (χ0v) is 12.3. The topological polar surface area (TPSA) is 50.4 Å². The highest BCUT2D eigenvalue weighted by atomic mass is 16.5. The highest BCUT2D eigenvalue weighted by Crippen LogP contribution is 2.21. The minimum absolute atomic E-state index is 0.0777. The number of carbonyl (C=O) groups is 1. The van der Waals surface area contributed by atoms with Gasteiger partial charge in [-0.2, -0.15) is 0 Å². The average Bonchev–Trinajstić information content (AvgIpc) is 2.49. The van der Waals surface area contributed by atoms with Gasteiger partial charge in [-0.3, -0.25) is 4.79 Å². The Balaban J connectivity index is 1.90. The zero-order chi connectivity index (χ0) is 15.1. The fraction of sp³-hybridized carbons (Fsp3) is 0.235. The minimum atomic E-state index is -0.0777. The summed E-state index contributed by atoms with van der Waals surface area (Å²) in [5.74, 6) is 0.738. The van der Waals surface area contributed by atoms with E-state index in [1.807, 2.05) is 62.4 Å². The van der Waals surface area contributed by atoms with Crippen molar-refractivity contribution in [3.63, 3.8) is 0 Å². The second-order valence-corrected chi connectivity index (χ2v) is 4.68. The molecule has 0 radical (unpaired) electrons. The van der Waals surface area contributed by atoms with Gasteiger partial charge in [-0.15, -0.1) is 0 Å². The van der Waals surface area contributed by atoms with Crippen molar-refractivity contribution in [2.45, 2.75) is 13.8 Å². The molecular formula is C17H20N2O2. The largest absolute Gasteiger partial charge is 0.494 e. The number of hydrogen-bond acceptors (Lipinski definition) is 3. The molecular weight excluding hydrogens is 264 g/mol. The van der Waals surface area contributed by atoms with Gasteiger partial charge in [0.2, 0.25) is 5.91 Å². The van der Waals surface area contributed by atoms with E-state index in [9.17, 15) is 4.79 Å². The number of rotatable bonds is 6. The molecule has 0 aliphatic carbocycles. The van der Waals surface area contributed by atoms with Gasteiger partial charge in [0.05, 0.1) is 13.2 Å². The maximum Gasteiger partial charge on any atom is 0.243 e. The number of ether oxygens (including phenoxy) is 1. The van der Waals surface area contributed by atoms with Gasteiger partial charge in [0.1, 0.15) is 5.75 Å². The van der Waals surface area contributed by atoms with E-state index in [1.165, 1.54) is 0 Å². The van der Waals surface area contributed by atoms with Gasteiger partial charge < -0.3 is 15.4 Å². The Morgan fingerprint density at radius 1 is 1.14 bits per heavy atom. The Bertz CT molecular complexity index is 597. The third-order valence-corrected chi connectivity index (χ3v) is 3.01. The van der Waals surface area contributed by atoms with E-state index >= 15 is 0 Å². The van der Waals surface area contributed by atoms with Gasteiger partial charge in [0.15, 0.2) is 0 Å². The van der Waals surface area contributed by atoms with Gasteiger partial charge in [-0.05, 0) is 49.7 Å². The van der Waals surface area contributed by atoms with Gasteiger partial charge in [-0.25, -0.2) is 0 Å². The molecule has 0 bridgehead atoms. The lowest BCUT2D eigenvalue weighted by atomic mass is 10.2. The number of hydrogen-bond donors (Lipinski definition) is 2. The number of nitrogens with one attached hydrogen (secondary N) is 2. The highest BCUT2D eigenvalue weighted by molar-refractivity contribution is 5.94. The Labute approximate surface area is 125 Å². The number of para-hydroxylation sites is 1. The van der Waals surface area contributed by atoms with Crippen LogP contribution in [0.4, 0.5) is 11.4 Å². The maximum absolute atomic E-state index is 11.9. The molecule has 4 heteroatoms. The summed E-state index contributed by atoms with van der Waals surface area (Å²) in [4.78, 5) is 11.9. The standard InChI is InChI=1S/C17H20N2O2/c1-3-21-15-9-10-16(13(2)11-15)19-17(20)12-18-14-7-5-4-6-8-14/h4-11,18H,3,12H2,1-2H3,(H,19,20). The van der Waals surface area contributed by atoms with Crippen molar-refractivity contribution < 1.29 is 9.53 Å². The van der Waals surface area contributed by atoms with Crippen molar-refractivity contribution in [1.82, 2.24) is 0 Å². The van der Waals surface area contributed by atoms with Crippen LogP contribution in [0.3, 0.4) is 0 Å². The Hall–Kier alpha value is -2.49. The van der Waals surface area contributed by atoms with E-state index in [4.69, 9.17) is 4.74 Å². The van der Waals surface area contributed by atoms with E-state index in [1.54, 1.807) is 0 Å². The SMILES string of the molecule is CCOc1ccc(NC(=O)CNc2ccccc2)c(C)c1. The number of amides is 1. The molecule has 0 fully saturated rings. The van der Waals surface area contributed by atoms with Crippen molar-refractivity contribution >= 4 is 17.3 Å². The Morgan fingerprint density at radius 3 is 2.57 bits per heavy atom. The monoisotopic (exact) mass is 284 g/mol. The van der Waals surface area contributed by atoms with Crippen molar-refractivity contribution in [1.29, 1.82) is 0 Å². The lowest BCUT2D eigenvalue weighted by Crippen LogP contribution is -2.22. The molecule has 2 rings (SSSR count). The van der Waals surface area contributed by atoms with Crippen LogP contribution in [-0.4, -0.2) is 19.1 Å². The molecule has 0 aromatic heterocycles. The van der Waals surface area contributed by atoms with Crippen LogP contribution in [0.15, 0.2) is 48.5 Å². The molecule has 0 unspecified atom stereocenters. The lowest BCUT2D eigenvalue weighted by molar-refractivity contribution is -0.114. The quantitative estimate of drug-likeness (QED) is 0.854. The van der Waals surface area contributed by atoms with Crippen LogP contribution in [0.5, 0.6) is 5.75 Å². The van der Waals surface area contributed by atoms with Gasteiger partial charge in [0.25, 0.3) is 0 Å². The summed E-state index contributed by atoms with van der Waals surface area (Å²) in [6, 6.07) is 15.3. The first-order valence-corrected chi connectivity index (χ1v) is 7.01. The molecule has 2 aromatic carbocycles. The fourth-order valence-corrected chi connectivity index (χ4v) is 1.97. The molecule has 2 N–H and O–H groups in total. The fourth-order valence-electron chi connectivity index (χ4n) is 1.97. The summed E-state index contributed by atoms with van der Waals surface area (Å²) in [5, 5.41) is 5.97. The van der Waals surface area contributed by atoms with Crippen LogP contribution < -0.4 is 15.4 Å². The second kappa shape index (κ2) is 7.33. The molecule has 0 saturated carbocycles. The average molecular weight is 284 g/mol. The molecule has 0 saturated heterocycles. The molecule has 0 atom stereocenters. The van der Waals surface area contributed by atoms with Crippen molar-refractivity contribution in [2.24, 2.45) is 0 Å². The minimum Gasteiger partial charge on any atom is -0.494 e. The zero-order valence-electron chi connectivity index (χ0n) is 12.3.